The molecule has 3 aromatic heterocycles. The summed E-state index contributed by atoms with van der Waals surface area (Å²) in [5.41, 5.74) is 2.11. The van der Waals surface area contributed by atoms with Gasteiger partial charge < -0.3 is 0 Å². The maximum Gasteiger partial charge on any atom is 0.200 e. The Morgan fingerprint density at radius 2 is 2.00 bits per heavy atom. The molecule has 0 aliphatic rings. The van der Waals surface area contributed by atoms with Gasteiger partial charge in [-0.1, -0.05) is 23.2 Å². The monoisotopic (exact) mass is 336 g/mol. The van der Waals surface area contributed by atoms with Gasteiger partial charge in [-0.05, 0) is 30.4 Å². The van der Waals surface area contributed by atoms with Crippen LogP contribution in [0.4, 0.5) is 0 Å². The van der Waals surface area contributed by atoms with Gasteiger partial charge in [-0.3, -0.25) is 9.50 Å². The van der Waals surface area contributed by atoms with Gasteiger partial charge in [0.2, 0.25) is 4.77 Å². The molecule has 0 aliphatic heterocycles. The minimum atomic E-state index is 0.459. The Labute approximate surface area is 132 Å². The average molecular weight is 337 g/mol. The van der Waals surface area contributed by atoms with E-state index in [0.29, 0.717) is 26.1 Å². The summed E-state index contributed by atoms with van der Waals surface area (Å²) in [6.45, 7) is 0. The third-order valence-electron chi connectivity index (χ3n) is 3.13. The molecule has 4 aromatic rings. The predicted octanol–water partition coefficient (Wildman–Crippen LogP) is 3.43. The molecule has 0 radical (unpaired) electrons. The molecule has 0 saturated carbocycles. The van der Waals surface area contributed by atoms with Crippen LogP contribution in [0.2, 0.25) is 10.0 Å². The number of hydrogen-bond donors (Lipinski definition) is 1. The molecule has 9 heteroatoms. The second kappa shape index (κ2) is 4.52. The number of H-pyrrole nitrogens is 1. The van der Waals surface area contributed by atoms with Crippen molar-refractivity contribution in [2.45, 2.75) is 0 Å². The molecule has 0 saturated heterocycles. The maximum atomic E-state index is 6.05. The molecule has 0 unspecified atom stereocenters. The summed E-state index contributed by atoms with van der Waals surface area (Å²) in [6, 6.07) is 5.27. The summed E-state index contributed by atoms with van der Waals surface area (Å²) in [4.78, 5) is 4.39. The summed E-state index contributed by atoms with van der Waals surface area (Å²) in [5.74, 6) is 0. The number of aromatic nitrogens is 6. The quantitative estimate of drug-likeness (QED) is 0.541. The normalized spacial score (nSPS) is 11.5. The zero-order valence-corrected chi connectivity index (χ0v) is 12.6. The van der Waals surface area contributed by atoms with Gasteiger partial charge in [0, 0.05) is 0 Å². The lowest BCUT2D eigenvalue weighted by Crippen LogP contribution is -1.98. The summed E-state index contributed by atoms with van der Waals surface area (Å²) in [7, 11) is 0. The molecule has 0 fully saturated rings. The minimum absolute atomic E-state index is 0.459. The van der Waals surface area contributed by atoms with Crippen LogP contribution in [0.15, 0.2) is 30.7 Å². The molecule has 104 valence electrons. The van der Waals surface area contributed by atoms with E-state index in [1.54, 1.807) is 33.7 Å². The fourth-order valence-electron chi connectivity index (χ4n) is 2.14. The van der Waals surface area contributed by atoms with Crippen LogP contribution in [0.5, 0.6) is 0 Å². The molecular weight excluding hydrogens is 331 g/mol. The minimum Gasteiger partial charge on any atom is -0.258 e. The van der Waals surface area contributed by atoms with Crippen molar-refractivity contribution in [3.8, 4) is 5.69 Å². The van der Waals surface area contributed by atoms with Crippen molar-refractivity contribution >= 4 is 52.1 Å². The van der Waals surface area contributed by atoms with Gasteiger partial charge in [-0.25, -0.2) is 9.67 Å². The van der Waals surface area contributed by atoms with Crippen molar-refractivity contribution in [3.05, 3.63) is 45.5 Å². The highest BCUT2D eigenvalue weighted by Crippen LogP contribution is 2.26. The van der Waals surface area contributed by atoms with Gasteiger partial charge in [-0.2, -0.15) is 10.2 Å². The van der Waals surface area contributed by atoms with Gasteiger partial charge in [0.15, 0.2) is 11.3 Å². The van der Waals surface area contributed by atoms with E-state index in [-0.39, 0.29) is 0 Å². The molecule has 0 bridgehead atoms. The van der Waals surface area contributed by atoms with Crippen LogP contribution in [0, 0.1) is 4.77 Å². The number of benzene rings is 1. The van der Waals surface area contributed by atoms with E-state index in [1.807, 2.05) is 6.07 Å². The number of nitrogens with one attached hydrogen (secondary N) is 1. The van der Waals surface area contributed by atoms with E-state index in [2.05, 4.69) is 20.3 Å². The van der Waals surface area contributed by atoms with Gasteiger partial charge in [0.05, 0.1) is 27.3 Å². The van der Waals surface area contributed by atoms with Crippen molar-refractivity contribution in [2.24, 2.45) is 0 Å². The molecule has 0 atom stereocenters. The Morgan fingerprint density at radius 1 is 1.14 bits per heavy atom. The Balaban J connectivity index is 2.03. The zero-order valence-electron chi connectivity index (χ0n) is 10.3. The number of nitrogens with zero attached hydrogens (tertiary/aromatic N) is 5. The predicted molar refractivity (Wildman–Crippen MR) is 82.8 cm³/mol. The molecule has 0 spiro atoms. The Kier molecular flexibility index (Phi) is 2.75. The number of halogens is 2. The van der Waals surface area contributed by atoms with Gasteiger partial charge in [0.1, 0.15) is 6.33 Å². The second-order valence-electron chi connectivity index (χ2n) is 4.36. The van der Waals surface area contributed by atoms with Crippen LogP contribution < -0.4 is 0 Å². The van der Waals surface area contributed by atoms with Crippen molar-refractivity contribution in [2.75, 3.05) is 0 Å². The van der Waals surface area contributed by atoms with Crippen molar-refractivity contribution in [1.29, 1.82) is 0 Å². The highest BCUT2D eigenvalue weighted by molar-refractivity contribution is 7.71. The van der Waals surface area contributed by atoms with Gasteiger partial charge in [-0.15, -0.1) is 0 Å². The number of hydrogen-bond acceptors (Lipinski definition) is 4. The Hall–Kier alpha value is -1.96. The third-order valence-corrected chi connectivity index (χ3v) is 4.16. The topological polar surface area (TPSA) is 63.8 Å². The summed E-state index contributed by atoms with van der Waals surface area (Å²) in [6.07, 6.45) is 3.30. The van der Waals surface area contributed by atoms with E-state index < -0.39 is 0 Å². The lowest BCUT2D eigenvalue weighted by molar-refractivity contribution is 0.893. The first-order valence-corrected chi connectivity index (χ1v) is 7.06. The van der Waals surface area contributed by atoms with Crippen molar-refractivity contribution in [3.63, 3.8) is 0 Å². The maximum absolute atomic E-state index is 6.05. The highest BCUT2D eigenvalue weighted by Gasteiger charge is 2.12. The third kappa shape index (κ3) is 1.85. The van der Waals surface area contributed by atoms with E-state index in [4.69, 9.17) is 35.4 Å². The number of fused-ring (bicyclic) bond motifs is 3. The molecule has 1 N–H and O–H groups in total. The first-order valence-electron chi connectivity index (χ1n) is 5.90. The number of rotatable bonds is 1. The van der Waals surface area contributed by atoms with Crippen LogP contribution in [-0.2, 0) is 0 Å². The SMILES string of the molecule is S=c1[nH]nc2c3cnn(-c4ccc(Cl)c(Cl)c4)c3ncn12. The molecule has 0 amide bonds. The van der Waals surface area contributed by atoms with E-state index in [1.165, 1.54) is 0 Å². The van der Waals surface area contributed by atoms with E-state index in [9.17, 15) is 0 Å². The molecule has 4 rings (SSSR count). The van der Waals surface area contributed by atoms with Gasteiger partial charge >= 0.3 is 0 Å². The van der Waals surface area contributed by atoms with Crippen LogP contribution in [0.1, 0.15) is 0 Å². The molecule has 1 aromatic carbocycles. The van der Waals surface area contributed by atoms with Gasteiger partial charge in [0.25, 0.3) is 0 Å². The fourth-order valence-corrected chi connectivity index (χ4v) is 2.62. The molecule has 0 aliphatic carbocycles. The summed E-state index contributed by atoms with van der Waals surface area (Å²) in [5, 5.41) is 13.0. The zero-order chi connectivity index (χ0) is 14.6. The van der Waals surface area contributed by atoms with Crippen molar-refractivity contribution < 1.29 is 0 Å². The average Bonchev–Trinajstić information content (AvgIpc) is 3.06. The summed E-state index contributed by atoms with van der Waals surface area (Å²) >= 11 is 17.1. The first-order chi connectivity index (χ1) is 10.1. The standard InChI is InChI=1S/C12H6Cl2N6S/c13-8-2-1-6(3-9(8)14)20-10-7(4-16-20)11-17-18-12(21)19(11)5-15-10/h1-5H,(H,18,21). The van der Waals surface area contributed by atoms with Crippen LogP contribution in [-0.4, -0.2) is 29.4 Å². The first kappa shape index (κ1) is 12.8. The highest BCUT2D eigenvalue weighted by atomic mass is 35.5. The van der Waals surface area contributed by atoms with Crippen LogP contribution in [0.3, 0.4) is 0 Å². The summed E-state index contributed by atoms with van der Waals surface area (Å²) < 4.78 is 3.86. The fraction of sp³-hybridized carbons (Fsp3) is 0. The second-order valence-corrected chi connectivity index (χ2v) is 5.56. The van der Waals surface area contributed by atoms with Crippen LogP contribution >= 0.6 is 35.4 Å². The Bertz CT molecular complexity index is 1050. The van der Waals surface area contributed by atoms with Crippen molar-refractivity contribution in [1.82, 2.24) is 29.4 Å². The molecule has 6 nitrogen and oxygen atoms in total. The van der Waals surface area contributed by atoms with Crippen LogP contribution in [0.25, 0.3) is 22.4 Å². The molecular formula is C12H6Cl2N6S. The Morgan fingerprint density at radius 3 is 2.81 bits per heavy atom. The molecule has 3 heterocycles. The number of aromatic amines is 1. The lowest BCUT2D eigenvalue weighted by atomic mass is 10.3. The lowest BCUT2D eigenvalue weighted by Gasteiger charge is -2.04. The smallest absolute Gasteiger partial charge is 0.200 e. The van der Waals surface area contributed by atoms with E-state index in [0.717, 1.165) is 11.1 Å². The van der Waals surface area contributed by atoms with E-state index >= 15 is 0 Å². The molecule has 21 heavy (non-hydrogen) atoms. The largest absolute Gasteiger partial charge is 0.258 e.